The van der Waals surface area contributed by atoms with Gasteiger partial charge >= 0.3 is 0 Å². The van der Waals surface area contributed by atoms with E-state index in [0.717, 1.165) is 12.2 Å². The van der Waals surface area contributed by atoms with Crippen molar-refractivity contribution < 1.29 is 4.79 Å². The smallest absolute Gasteiger partial charge is 0.227 e. The molecule has 1 atom stereocenters. The molecule has 1 unspecified atom stereocenters. The molecule has 80 valence electrons. The summed E-state index contributed by atoms with van der Waals surface area (Å²) in [6.45, 7) is 10.2. The zero-order valence-corrected chi connectivity index (χ0v) is 9.15. The Morgan fingerprint density at radius 2 is 2.20 bits per heavy atom. The summed E-state index contributed by atoms with van der Waals surface area (Å²) in [5.41, 5.74) is 0.863. The first-order chi connectivity index (χ1) is 7.19. The Kier molecular flexibility index (Phi) is 4.10. The maximum absolute atomic E-state index is 11.6. The maximum Gasteiger partial charge on any atom is 0.227 e. The van der Waals surface area contributed by atoms with Gasteiger partial charge in [-0.2, -0.15) is 0 Å². The van der Waals surface area contributed by atoms with E-state index in [1.807, 2.05) is 18.2 Å². The van der Waals surface area contributed by atoms with Crippen LogP contribution in [-0.4, -0.2) is 17.4 Å². The van der Waals surface area contributed by atoms with Crippen molar-refractivity contribution >= 4 is 5.91 Å². The van der Waals surface area contributed by atoms with Crippen LogP contribution in [0.1, 0.15) is 13.3 Å². The second kappa shape index (κ2) is 5.35. The lowest BCUT2D eigenvalue weighted by Crippen LogP contribution is -2.23. The summed E-state index contributed by atoms with van der Waals surface area (Å²) < 4.78 is 0. The van der Waals surface area contributed by atoms with Gasteiger partial charge in [0, 0.05) is 18.7 Å². The highest BCUT2D eigenvalue weighted by Gasteiger charge is 2.27. The third-order valence-corrected chi connectivity index (χ3v) is 2.35. The molecule has 1 saturated heterocycles. The van der Waals surface area contributed by atoms with Gasteiger partial charge in [0.15, 0.2) is 0 Å². The summed E-state index contributed by atoms with van der Waals surface area (Å²) in [5.74, 6) is 0.616. The third-order valence-electron chi connectivity index (χ3n) is 2.35. The van der Waals surface area contributed by atoms with E-state index in [0.29, 0.717) is 12.3 Å². The first-order valence-electron chi connectivity index (χ1n) is 5.11. The summed E-state index contributed by atoms with van der Waals surface area (Å²) in [5, 5.41) is 0. The van der Waals surface area contributed by atoms with Crippen LogP contribution in [0.5, 0.6) is 0 Å². The van der Waals surface area contributed by atoms with Crippen molar-refractivity contribution in [3.05, 3.63) is 49.2 Å². The van der Waals surface area contributed by atoms with Crippen molar-refractivity contribution in [2.24, 2.45) is 5.92 Å². The molecule has 0 bridgehead atoms. The van der Waals surface area contributed by atoms with Crippen LogP contribution < -0.4 is 0 Å². The Morgan fingerprint density at radius 1 is 1.47 bits per heavy atom. The van der Waals surface area contributed by atoms with Crippen LogP contribution in [0.3, 0.4) is 0 Å². The van der Waals surface area contributed by atoms with Crippen molar-refractivity contribution in [1.82, 2.24) is 4.90 Å². The normalized spacial score (nSPS) is 22.5. The lowest BCUT2D eigenvalue weighted by molar-refractivity contribution is -0.125. The number of carbonyl (C=O) groups is 1. The van der Waals surface area contributed by atoms with Gasteiger partial charge in [-0.25, -0.2) is 0 Å². The van der Waals surface area contributed by atoms with E-state index in [1.165, 1.54) is 0 Å². The van der Waals surface area contributed by atoms with Crippen LogP contribution in [0, 0.1) is 5.92 Å². The Labute approximate surface area is 91.3 Å². The first-order valence-corrected chi connectivity index (χ1v) is 5.11. The van der Waals surface area contributed by atoms with Gasteiger partial charge in [0.05, 0.1) is 0 Å². The Hall–Kier alpha value is -1.57. The van der Waals surface area contributed by atoms with Gasteiger partial charge in [-0.1, -0.05) is 38.3 Å². The summed E-state index contributed by atoms with van der Waals surface area (Å²) in [6.07, 6.45) is 9.61. The highest BCUT2D eigenvalue weighted by molar-refractivity contribution is 5.81. The molecule has 15 heavy (non-hydrogen) atoms. The fourth-order valence-electron chi connectivity index (χ4n) is 1.64. The number of carbonyl (C=O) groups excluding carboxylic acids is 1. The minimum atomic E-state index is 0.181. The van der Waals surface area contributed by atoms with Gasteiger partial charge in [0.2, 0.25) is 5.91 Å². The lowest BCUT2D eigenvalue weighted by Gasteiger charge is -2.16. The Morgan fingerprint density at radius 3 is 2.67 bits per heavy atom. The zero-order chi connectivity index (χ0) is 11.3. The molecule has 1 rings (SSSR count). The molecule has 0 radical (unpaired) electrons. The highest BCUT2D eigenvalue weighted by atomic mass is 16.2. The van der Waals surface area contributed by atoms with E-state index >= 15 is 0 Å². The van der Waals surface area contributed by atoms with E-state index in [2.05, 4.69) is 20.1 Å². The number of hydrogen-bond donors (Lipinski definition) is 0. The van der Waals surface area contributed by atoms with E-state index in [9.17, 15) is 4.79 Å². The quantitative estimate of drug-likeness (QED) is 0.643. The molecule has 1 aliphatic rings. The van der Waals surface area contributed by atoms with Gasteiger partial charge in [-0.3, -0.25) is 4.79 Å². The molecule has 2 nitrogen and oxygen atoms in total. The molecule has 0 spiro atoms. The molecular weight excluding hydrogens is 186 g/mol. The van der Waals surface area contributed by atoms with Crippen molar-refractivity contribution in [2.45, 2.75) is 13.3 Å². The molecule has 0 N–H and O–H groups in total. The SMILES string of the molecule is C=C/C=C\C=C(/C=C)N1CC(C)CC1=O. The average molecular weight is 203 g/mol. The molecule has 1 aliphatic heterocycles. The number of hydrogen-bond acceptors (Lipinski definition) is 1. The lowest BCUT2D eigenvalue weighted by atomic mass is 10.2. The van der Waals surface area contributed by atoms with Gasteiger partial charge in [0.1, 0.15) is 0 Å². The molecule has 0 aromatic heterocycles. The number of nitrogens with zero attached hydrogens (tertiary/aromatic N) is 1. The standard InChI is InChI=1S/C13H17NO/c1-4-6-7-8-12(5-2)14-10-11(3)9-13(14)15/h4-8,11H,1-2,9-10H2,3H3/b7-6-,12-8+. The summed E-state index contributed by atoms with van der Waals surface area (Å²) in [6, 6.07) is 0. The molecule has 1 heterocycles. The fourth-order valence-corrected chi connectivity index (χ4v) is 1.64. The van der Waals surface area contributed by atoms with Gasteiger partial charge in [-0.05, 0) is 18.1 Å². The van der Waals surface area contributed by atoms with Crippen molar-refractivity contribution in [1.29, 1.82) is 0 Å². The summed E-state index contributed by atoms with van der Waals surface area (Å²) in [7, 11) is 0. The van der Waals surface area contributed by atoms with Crippen LogP contribution in [0.2, 0.25) is 0 Å². The van der Waals surface area contributed by atoms with Crippen molar-refractivity contribution in [3.63, 3.8) is 0 Å². The van der Waals surface area contributed by atoms with Crippen molar-refractivity contribution in [2.75, 3.05) is 6.54 Å². The molecule has 0 aliphatic carbocycles. The Bertz CT molecular complexity index is 325. The van der Waals surface area contributed by atoms with Gasteiger partial charge in [-0.15, -0.1) is 0 Å². The van der Waals surface area contributed by atoms with E-state index in [4.69, 9.17) is 0 Å². The van der Waals surface area contributed by atoms with Crippen LogP contribution in [0.4, 0.5) is 0 Å². The summed E-state index contributed by atoms with van der Waals surface area (Å²) in [4.78, 5) is 13.4. The highest BCUT2D eigenvalue weighted by Crippen LogP contribution is 2.21. The van der Waals surface area contributed by atoms with E-state index in [1.54, 1.807) is 17.1 Å². The summed E-state index contributed by atoms with van der Waals surface area (Å²) >= 11 is 0. The monoisotopic (exact) mass is 203 g/mol. The fraction of sp³-hybridized carbons (Fsp3) is 0.308. The average Bonchev–Trinajstić information content (AvgIpc) is 2.53. The van der Waals surface area contributed by atoms with Crippen LogP contribution in [0.25, 0.3) is 0 Å². The Balaban J connectivity index is 2.78. The zero-order valence-electron chi connectivity index (χ0n) is 9.15. The van der Waals surface area contributed by atoms with E-state index in [-0.39, 0.29) is 5.91 Å². The van der Waals surface area contributed by atoms with Crippen LogP contribution in [0.15, 0.2) is 49.2 Å². The molecular formula is C13H17NO. The molecule has 0 aromatic carbocycles. The van der Waals surface area contributed by atoms with Gasteiger partial charge in [0.25, 0.3) is 0 Å². The molecule has 2 heteroatoms. The van der Waals surface area contributed by atoms with E-state index < -0.39 is 0 Å². The van der Waals surface area contributed by atoms with Gasteiger partial charge < -0.3 is 4.90 Å². The maximum atomic E-state index is 11.6. The minimum absolute atomic E-state index is 0.181. The number of rotatable bonds is 4. The molecule has 0 aromatic rings. The van der Waals surface area contributed by atoms with Crippen molar-refractivity contribution in [3.8, 4) is 0 Å². The molecule has 1 amide bonds. The predicted octanol–water partition coefficient (Wildman–Crippen LogP) is 2.67. The largest absolute Gasteiger partial charge is 0.312 e. The number of amides is 1. The topological polar surface area (TPSA) is 20.3 Å². The third kappa shape index (κ3) is 2.94. The van der Waals surface area contributed by atoms with Crippen LogP contribution >= 0.6 is 0 Å². The molecule has 0 saturated carbocycles. The molecule has 1 fully saturated rings. The minimum Gasteiger partial charge on any atom is -0.312 e. The predicted molar refractivity (Wildman–Crippen MR) is 63.1 cm³/mol. The second-order valence-corrected chi connectivity index (χ2v) is 3.73. The van der Waals surface area contributed by atoms with Crippen LogP contribution in [-0.2, 0) is 4.79 Å². The first kappa shape index (κ1) is 11.5. The second-order valence-electron chi connectivity index (χ2n) is 3.73. The number of likely N-dealkylation sites (tertiary alicyclic amines) is 1. The number of allylic oxidation sites excluding steroid dienone is 5.